The van der Waals surface area contributed by atoms with Crippen LogP contribution in [0, 0.1) is 0 Å². The van der Waals surface area contributed by atoms with Crippen LogP contribution in [0.15, 0.2) is 48.5 Å². The van der Waals surface area contributed by atoms with Gasteiger partial charge in [-0.05, 0) is 74.7 Å². The number of ether oxygens (including phenoxy) is 2. The monoisotopic (exact) mass is 437 g/mol. The summed E-state index contributed by atoms with van der Waals surface area (Å²) in [5.74, 6) is 0.853. The van der Waals surface area contributed by atoms with Gasteiger partial charge in [-0.1, -0.05) is 11.6 Å². The highest BCUT2D eigenvalue weighted by Crippen LogP contribution is 2.51. The number of benzene rings is 2. The molecule has 0 aromatic heterocycles. The first-order valence-corrected chi connectivity index (χ1v) is 11.7. The highest BCUT2D eigenvalue weighted by molar-refractivity contribution is 7.64. The minimum absolute atomic E-state index is 0.0614. The molecule has 6 nitrogen and oxygen atoms in total. The van der Waals surface area contributed by atoms with E-state index in [0.717, 1.165) is 19.3 Å². The van der Waals surface area contributed by atoms with E-state index in [1.54, 1.807) is 60.1 Å². The molecule has 0 N–H and O–H groups in total. The molecular formula is C21H25ClNO5P. The molecule has 8 heteroatoms. The van der Waals surface area contributed by atoms with E-state index < -0.39 is 13.5 Å². The normalized spacial score (nSPS) is 20.5. The number of carbonyl (C=O) groups excluding carboxylic acids is 1. The fourth-order valence-corrected chi connectivity index (χ4v) is 5.46. The van der Waals surface area contributed by atoms with E-state index >= 15 is 0 Å². The standard InChI is InChI=1S/C21H25ClNO5P/c1-2-26-21(24)16-23-14-4-3-5-15-27-29(23,25)20-12-10-19(11-13-20)28-18-8-6-17(22)7-9-18/h6-13H,2-5,14-16H2,1H3. The Morgan fingerprint density at radius 3 is 2.38 bits per heavy atom. The molecule has 0 bridgehead atoms. The molecule has 2 aromatic carbocycles. The summed E-state index contributed by atoms with van der Waals surface area (Å²) in [6.07, 6.45) is 2.66. The third kappa shape index (κ3) is 5.83. The molecule has 1 fully saturated rings. The third-order valence-electron chi connectivity index (χ3n) is 4.53. The van der Waals surface area contributed by atoms with Crippen molar-refractivity contribution in [3.63, 3.8) is 0 Å². The lowest BCUT2D eigenvalue weighted by Crippen LogP contribution is -2.35. The summed E-state index contributed by atoms with van der Waals surface area (Å²) in [4.78, 5) is 12.0. The molecule has 0 aliphatic carbocycles. The lowest BCUT2D eigenvalue weighted by molar-refractivity contribution is -0.143. The molecule has 1 aliphatic rings. The quantitative estimate of drug-likeness (QED) is 0.467. The summed E-state index contributed by atoms with van der Waals surface area (Å²) in [7, 11) is -3.37. The third-order valence-corrected chi connectivity index (χ3v) is 7.35. The number of rotatable bonds is 6. The molecule has 1 heterocycles. The van der Waals surface area contributed by atoms with Gasteiger partial charge < -0.3 is 14.0 Å². The lowest BCUT2D eigenvalue weighted by Gasteiger charge is -2.32. The van der Waals surface area contributed by atoms with Crippen LogP contribution in [0.3, 0.4) is 0 Å². The van der Waals surface area contributed by atoms with Gasteiger partial charge in [-0.25, -0.2) is 4.67 Å². The van der Waals surface area contributed by atoms with Crippen molar-refractivity contribution in [2.24, 2.45) is 0 Å². The van der Waals surface area contributed by atoms with Gasteiger partial charge in [-0.3, -0.25) is 9.36 Å². The number of hydrogen-bond acceptors (Lipinski definition) is 5. The Bertz CT molecular complexity index is 856. The van der Waals surface area contributed by atoms with Crippen molar-refractivity contribution < 1.29 is 23.4 Å². The first kappa shape index (κ1) is 21.8. The van der Waals surface area contributed by atoms with Gasteiger partial charge in [0.05, 0.1) is 18.5 Å². The first-order chi connectivity index (χ1) is 14.0. The van der Waals surface area contributed by atoms with Gasteiger partial charge in [0.2, 0.25) is 0 Å². The summed E-state index contributed by atoms with van der Waals surface area (Å²) < 4.78 is 32.1. The van der Waals surface area contributed by atoms with Crippen LogP contribution in [0.2, 0.25) is 5.02 Å². The van der Waals surface area contributed by atoms with Crippen molar-refractivity contribution in [2.75, 3.05) is 26.3 Å². The van der Waals surface area contributed by atoms with Gasteiger partial charge in [0.15, 0.2) is 0 Å². The average molecular weight is 438 g/mol. The van der Waals surface area contributed by atoms with Gasteiger partial charge in [-0.2, -0.15) is 0 Å². The smallest absolute Gasteiger partial charge is 0.320 e. The second kappa shape index (κ2) is 10.3. The molecule has 1 atom stereocenters. The van der Waals surface area contributed by atoms with Crippen LogP contribution in [-0.2, 0) is 18.6 Å². The molecule has 156 valence electrons. The van der Waals surface area contributed by atoms with E-state index in [-0.39, 0.29) is 13.2 Å². The predicted molar refractivity (Wildman–Crippen MR) is 113 cm³/mol. The van der Waals surface area contributed by atoms with Gasteiger partial charge in [0.1, 0.15) is 18.0 Å². The van der Waals surface area contributed by atoms with E-state index in [9.17, 15) is 9.36 Å². The molecular weight excluding hydrogens is 413 g/mol. The molecule has 0 spiro atoms. The molecule has 0 radical (unpaired) electrons. The van der Waals surface area contributed by atoms with Gasteiger partial charge in [-0.15, -0.1) is 0 Å². The van der Waals surface area contributed by atoms with E-state index in [2.05, 4.69) is 0 Å². The average Bonchev–Trinajstić information content (AvgIpc) is 2.70. The summed E-state index contributed by atoms with van der Waals surface area (Å²) in [5.41, 5.74) is 0. The van der Waals surface area contributed by atoms with Crippen LogP contribution in [0.4, 0.5) is 0 Å². The molecule has 1 saturated heterocycles. The van der Waals surface area contributed by atoms with E-state index in [4.69, 9.17) is 25.6 Å². The topological polar surface area (TPSA) is 65.1 Å². The minimum atomic E-state index is -3.37. The van der Waals surface area contributed by atoms with Crippen LogP contribution in [0.25, 0.3) is 0 Å². The van der Waals surface area contributed by atoms with E-state index in [0.29, 0.717) is 35.0 Å². The highest BCUT2D eigenvalue weighted by Gasteiger charge is 2.36. The fourth-order valence-electron chi connectivity index (χ4n) is 3.08. The minimum Gasteiger partial charge on any atom is -0.465 e. The molecule has 0 saturated carbocycles. The predicted octanol–water partition coefficient (Wildman–Crippen LogP) is 5.02. The van der Waals surface area contributed by atoms with Crippen LogP contribution < -0.4 is 10.0 Å². The second-order valence-electron chi connectivity index (χ2n) is 6.66. The number of esters is 1. The maximum Gasteiger partial charge on any atom is 0.320 e. The Labute approximate surface area is 176 Å². The summed E-state index contributed by atoms with van der Waals surface area (Å²) >= 11 is 5.89. The van der Waals surface area contributed by atoms with E-state index in [1.165, 1.54) is 0 Å². The number of hydrogen-bond donors (Lipinski definition) is 0. The Morgan fingerprint density at radius 2 is 1.72 bits per heavy atom. The largest absolute Gasteiger partial charge is 0.465 e. The summed E-state index contributed by atoms with van der Waals surface area (Å²) in [6, 6.07) is 14.0. The van der Waals surface area contributed by atoms with Crippen molar-refractivity contribution in [3.8, 4) is 11.5 Å². The molecule has 3 rings (SSSR count). The number of carbonyl (C=O) groups is 1. The SMILES string of the molecule is CCOC(=O)CN1CCCCCOP1(=O)c1ccc(Oc2ccc(Cl)cc2)cc1. The fraction of sp³-hybridized carbons (Fsp3) is 0.381. The highest BCUT2D eigenvalue weighted by atomic mass is 35.5. The second-order valence-corrected chi connectivity index (χ2v) is 9.47. The van der Waals surface area contributed by atoms with Crippen LogP contribution in [-0.4, -0.2) is 36.9 Å². The molecule has 29 heavy (non-hydrogen) atoms. The Hall–Kier alpha value is -1.85. The maximum atomic E-state index is 13.8. The molecule has 1 unspecified atom stereocenters. The zero-order valence-corrected chi connectivity index (χ0v) is 18.0. The van der Waals surface area contributed by atoms with Crippen molar-refractivity contribution in [1.29, 1.82) is 0 Å². The van der Waals surface area contributed by atoms with Crippen molar-refractivity contribution in [1.82, 2.24) is 4.67 Å². The summed E-state index contributed by atoms with van der Waals surface area (Å²) in [6.45, 7) is 2.88. The van der Waals surface area contributed by atoms with Crippen LogP contribution in [0.5, 0.6) is 11.5 Å². The van der Waals surface area contributed by atoms with Gasteiger partial charge >= 0.3 is 13.5 Å². The number of nitrogens with zero attached hydrogens (tertiary/aromatic N) is 1. The van der Waals surface area contributed by atoms with Crippen molar-refractivity contribution in [2.45, 2.75) is 26.2 Å². The Morgan fingerprint density at radius 1 is 1.07 bits per heavy atom. The Kier molecular flexibility index (Phi) is 7.73. The van der Waals surface area contributed by atoms with Gasteiger partial charge in [0, 0.05) is 11.6 Å². The lowest BCUT2D eigenvalue weighted by atomic mass is 10.2. The molecule has 0 amide bonds. The zero-order chi connectivity index (χ0) is 20.7. The van der Waals surface area contributed by atoms with Crippen LogP contribution >= 0.6 is 19.1 Å². The maximum absolute atomic E-state index is 13.8. The van der Waals surface area contributed by atoms with Crippen molar-refractivity contribution >= 4 is 30.4 Å². The molecule has 2 aromatic rings. The van der Waals surface area contributed by atoms with Gasteiger partial charge in [0.25, 0.3) is 0 Å². The molecule has 1 aliphatic heterocycles. The first-order valence-electron chi connectivity index (χ1n) is 9.71. The zero-order valence-electron chi connectivity index (χ0n) is 16.4. The number of halogens is 1. The van der Waals surface area contributed by atoms with Crippen LogP contribution in [0.1, 0.15) is 26.2 Å². The Balaban J connectivity index is 1.80. The van der Waals surface area contributed by atoms with Crippen molar-refractivity contribution in [3.05, 3.63) is 53.6 Å². The summed E-state index contributed by atoms with van der Waals surface area (Å²) in [5, 5.41) is 1.17. The van der Waals surface area contributed by atoms with E-state index in [1.807, 2.05) is 0 Å².